The highest BCUT2D eigenvalue weighted by Crippen LogP contribution is 2.48. The third-order valence-corrected chi connectivity index (χ3v) is 6.94. The number of ether oxygens (including phenoxy) is 1. The topological polar surface area (TPSA) is 70.1 Å². The SMILES string of the molecule is COc1cc2c(cc1O)C(c1ccc(Cl)cc1)N(c1ccc(N(C)C(=O)C(F)(F)F)cc1)C(=O)C2C(C)C. The van der Waals surface area contributed by atoms with Crippen molar-refractivity contribution in [3.05, 3.63) is 82.4 Å². The highest BCUT2D eigenvalue weighted by Gasteiger charge is 2.44. The number of phenols is 1. The molecule has 3 aromatic carbocycles. The lowest BCUT2D eigenvalue weighted by Gasteiger charge is -2.42. The molecule has 0 saturated carbocycles. The maximum absolute atomic E-state index is 14.1. The molecule has 10 heteroatoms. The van der Waals surface area contributed by atoms with Gasteiger partial charge in [-0.05, 0) is 71.1 Å². The van der Waals surface area contributed by atoms with E-state index in [4.69, 9.17) is 16.3 Å². The Hall–Kier alpha value is -3.72. The summed E-state index contributed by atoms with van der Waals surface area (Å²) in [4.78, 5) is 27.9. The molecule has 1 aliphatic rings. The van der Waals surface area contributed by atoms with E-state index < -0.39 is 24.0 Å². The van der Waals surface area contributed by atoms with Crippen LogP contribution in [-0.4, -0.2) is 37.3 Å². The van der Waals surface area contributed by atoms with Crippen LogP contribution in [0.2, 0.25) is 5.02 Å². The summed E-state index contributed by atoms with van der Waals surface area (Å²) in [5, 5.41) is 11.2. The molecule has 1 N–H and O–H groups in total. The number of benzene rings is 3. The molecule has 0 spiro atoms. The van der Waals surface area contributed by atoms with Crippen molar-refractivity contribution in [2.24, 2.45) is 5.92 Å². The molecular weight excluding hydrogens is 521 g/mol. The van der Waals surface area contributed by atoms with Gasteiger partial charge in [-0.3, -0.25) is 9.59 Å². The fourth-order valence-electron chi connectivity index (χ4n) is 4.86. The van der Waals surface area contributed by atoms with Crippen LogP contribution in [-0.2, 0) is 9.59 Å². The first-order valence-electron chi connectivity index (χ1n) is 11.8. The lowest BCUT2D eigenvalue weighted by molar-refractivity contribution is -0.170. The van der Waals surface area contributed by atoms with Crippen LogP contribution in [0.3, 0.4) is 0 Å². The molecule has 1 aliphatic heterocycles. The Morgan fingerprint density at radius 2 is 1.66 bits per heavy atom. The summed E-state index contributed by atoms with van der Waals surface area (Å²) in [5.41, 5.74) is 2.54. The summed E-state index contributed by atoms with van der Waals surface area (Å²) >= 11 is 6.12. The number of phenolic OH excluding ortho intramolecular Hbond substituents is 1. The maximum atomic E-state index is 14.1. The van der Waals surface area contributed by atoms with E-state index in [2.05, 4.69) is 0 Å². The molecule has 200 valence electrons. The van der Waals surface area contributed by atoms with Crippen molar-refractivity contribution >= 4 is 34.8 Å². The zero-order chi connectivity index (χ0) is 27.9. The number of halogens is 4. The van der Waals surface area contributed by atoms with Crippen molar-refractivity contribution in [3.63, 3.8) is 0 Å². The van der Waals surface area contributed by atoms with Crippen molar-refractivity contribution in [3.8, 4) is 11.5 Å². The van der Waals surface area contributed by atoms with E-state index in [9.17, 15) is 27.9 Å². The molecule has 0 aromatic heterocycles. The van der Waals surface area contributed by atoms with E-state index in [0.29, 0.717) is 32.3 Å². The molecule has 0 saturated heterocycles. The molecule has 4 rings (SSSR count). The van der Waals surface area contributed by atoms with Gasteiger partial charge in [-0.1, -0.05) is 37.6 Å². The molecule has 2 unspecified atom stereocenters. The number of carbonyl (C=O) groups is 2. The smallest absolute Gasteiger partial charge is 0.471 e. The average molecular weight is 547 g/mol. The summed E-state index contributed by atoms with van der Waals surface area (Å²) < 4.78 is 44.1. The normalized spacial score (nSPS) is 17.4. The Labute approximate surface area is 223 Å². The van der Waals surface area contributed by atoms with Gasteiger partial charge in [0.05, 0.1) is 19.1 Å². The monoisotopic (exact) mass is 546 g/mol. The zero-order valence-electron chi connectivity index (χ0n) is 21.1. The highest BCUT2D eigenvalue weighted by molar-refractivity contribution is 6.30. The first-order valence-corrected chi connectivity index (χ1v) is 12.2. The fourth-order valence-corrected chi connectivity index (χ4v) is 4.98. The number of aromatic hydroxyl groups is 1. The first-order chi connectivity index (χ1) is 17.8. The Balaban J connectivity index is 1.89. The number of hydrogen-bond donors (Lipinski definition) is 1. The van der Waals surface area contributed by atoms with Gasteiger partial charge in [-0.25, -0.2) is 0 Å². The van der Waals surface area contributed by atoms with E-state index in [1.807, 2.05) is 13.8 Å². The standard InChI is InChI=1S/C28H26ClF3N2O4/c1-15(2)24-20-14-23(38-4)22(35)13-21(20)25(16-5-7-17(29)8-6-16)34(26(24)36)19-11-9-18(10-12-19)33(3)27(37)28(30,31)32/h5-15,24-25,35H,1-4H3. The minimum atomic E-state index is -5.02. The van der Waals surface area contributed by atoms with Crippen molar-refractivity contribution < 1.29 is 32.6 Å². The van der Waals surface area contributed by atoms with Crippen LogP contribution in [0.25, 0.3) is 0 Å². The zero-order valence-corrected chi connectivity index (χ0v) is 21.8. The molecule has 38 heavy (non-hydrogen) atoms. The first kappa shape index (κ1) is 27.3. The Bertz CT molecular complexity index is 1360. The molecule has 3 aromatic rings. The van der Waals surface area contributed by atoms with Gasteiger partial charge >= 0.3 is 12.1 Å². The maximum Gasteiger partial charge on any atom is 0.471 e. The molecule has 6 nitrogen and oxygen atoms in total. The predicted molar refractivity (Wildman–Crippen MR) is 139 cm³/mol. The van der Waals surface area contributed by atoms with Crippen LogP contribution < -0.4 is 14.5 Å². The van der Waals surface area contributed by atoms with Gasteiger partial charge in [0, 0.05) is 23.4 Å². The average Bonchev–Trinajstić information content (AvgIpc) is 2.87. The minimum absolute atomic E-state index is 0.0202. The van der Waals surface area contributed by atoms with E-state index in [0.717, 1.165) is 7.05 Å². The third kappa shape index (κ3) is 4.90. The second-order valence-corrected chi connectivity index (χ2v) is 9.85. The van der Waals surface area contributed by atoms with Crippen LogP contribution in [0.4, 0.5) is 24.5 Å². The quantitative estimate of drug-likeness (QED) is 0.399. The minimum Gasteiger partial charge on any atom is -0.504 e. The molecule has 2 amide bonds. The third-order valence-electron chi connectivity index (χ3n) is 6.69. The number of nitrogens with zero attached hydrogens (tertiary/aromatic N) is 2. The van der Waals surface area contributed by atoms with Crippen LogP contribution in [0.5, 0.6) is 11.5 Å². The van der Waals surface area contributed by atoms with E-state index in [1.54, 1.807) is 41.3 Å². The van der Waals surface area contributed by atoms with E-state index >= 15 is 0 Å². The van der Waals surface area contributed by atoms with Crippen LogP contribution in [0, 0.1) is 5.92 Å². The van der Waals surface area contributed by atoms with Gasteiger partial charge in [0.25, 0.3) is 0 Å². The number of fused-ring (bicyclic) bond motifs is 1. The van der Waals surface area contributed by atoms with Crippen LogP contribution in [0.1, 0.15) is 42.5 Å². The number of hydrogen-bond acceptors (Lipinski definition) is 4. The Morgan fingerprint density at radius 3 is 2.18 bits per heavy atom. The molecule has 0 fully saturated rings. The summed E-state index contributed by atoms with van der Waals surface area (Å²) in [7, 11) is 2.47. The van der Waals surface area contributed by atoms with Crippen molar-refractivity contribution in [1.82, 2.24) is 0 Å². The van der Waals surface area contributed by atoms with Crippen molar-refractivity contribution in [2.75, 3.05) is 24.0 Å². The molecule has 1 heterocycles. The second-order valence-electron chi connectivity index (χ2n) is 9.42. The number of rotatable bonds is 5. The Kier molecular flexibility index (Phi) is 7.34. The number of alkyl halides is 3. The van der Waals surface area contributed by atoms with Gasteiger partial charge in [0.1, 0.15) is 0 Å². The number of methoxy groups -OCH3 is 1. The largest absolute Gasteiger partial charge is 0.504 e. The van der Waals surface area contributed by atoms with Gasteiger partial charge in [-0.15, -0.1) is 0 Å². The molecular formula is C28H26ClF3N2O4. The summed E-state index contributed by atoms with van der Waals surface area (Å²) in [5.74, 6) is -2.79. The van der Waals surface area contributed by atoms with Gasteiger partial charge < -0.3 is 19.6 Å². The number of anilines is 2. The summed E-state index contributed by atoms with van der Waals surface area (Å²) in [6.07, 6.45) is -5.02. The Morgan fingerprint density at radius 1 is 1.05 bits per heavy atom. The summed E-state index contributed by atoms with van der Waals surface area (Å²) in [6, 6.07) is 15.2. The predicted octanol–water partition coefficient (Wildman–Crippen LogP) is 6.46. The van der Waals surface area contributed by atoms with Crippen LogP contribution in [0.15, 0.2) is 60.7 Å². The lowest BCUT2D eigenvalue weighted by atomic mass is 9.76. The number of carbonyl (C=O) groups excluding carboxylic acids is 2. The van der Waals surface area contributed by atoms with Crippen LogP contribution >= 0.6 is 11.6 Å². The molecule has 0 bridgehead atoms. The van der Waals surface area contributed by atoms with E-state index in [1.165, 1.54) is 31.4 Å². The van der Waals surface area contributed by atoms with Gasteiger partial charge in [-0.2, -0.15) is 13.2 Å². The second kappa shape index (κ2) is 10.2. The van der Waals surface area contributed by atoms with Gasteiger partial charge in [0.2, 0.25) is 5.91 Å². The highest BCUT2D eigenvalue weighted by atomic mass is 35.5. The summed E-state index contributed by atoms with van der Waals surface area (Å²) in [6.45, 7) is 3.82. The molecule has 0 radical (unpaired) electrons. The fraction of sp³-hybridized carbons (Fsp3) is 0.286. The van der Waals surface area contributed by atoms with E-state index in [-0.39, 0.29) is 29.0 Å². The molecule has 0 aliphatic carbocycles. The number of amides is 2. The van der Waals surface area contributed by atoms with Crippen molar-refractivity contribution in [2.45, 2.75) is 32.0 Å². The molecule has 2 atom stereocenters. The van der Waals surface area contributed by atoms with Gasteiger partial charge in [0.15, 0.2) is 11.5 Å². The van der Waals surface area contributed by atoms with Crippen molar-refractivity contribution in [1.29, 1.82) is 0 Å². The lowest BCUT2D eigenvalue weighted by Crippen LogP contribution is -2.45.